The van der Waals surface area contributed by atoms with E-state index in [2.05, 4.69) is 27.2 Å². The molecule has 3 aliphatic heterocycles. The lowest BCUT2D eigenvalue weighted by Gasteiger charge is -2.47. The number of carbonyl (C=O) groups is 1. The molecule has 0 radical (unpaired) electrons. The number of rotatable bonds is 4. The van der Waals surface area contributed by atoms with Crippen LogP contribution in [0.3, 0.4) is 0 Å². The monoisotopic (exact) mass is 321 g/mol. The molecule has 2 aromatic rings. The van der Waals surface area contributed by atoms with Gasteiger partial charge in [0.15, 0.2) is 0 Å². The van der Waals surface area contributed by atoms with Crippen LogP contribution in [0.4, 0.5) is 0 Å². The molecular weight excluding hydrogens is 298 g/mol. The molecule has 1 atom stereocenters. The second-order valence-electron chi connectivity index (χ2n) is 6.64. The van der Waals surface area contributed by atoms with Gasteiger partial charge in [-0.15, -0.1) is 0 Å². The largest absolute Gasteiger partial charge is 0.350 e. The van der Waals surface area contributed by atoms with Crippen molar-refractivity contribution in [1.82, 2.24) is 15.1 Å². The van der Waals surface area contributed by atoms with Crippen molar-refractivity contribution in [3.05, 3.63) is 60.2 Å². The van der Waals surface area contributed by atoms with Crippen LogP contribution in [-0.4, -0.2) is 61.0 Å². The van der Waals surface area contributed by atoms with E-state index in [0.717, 1.165) is 37.3 Å². The van der Waals surface area contributed by atoms with Crippen molar-refractivity contribution in [3.8, 4) is 11.1 Å². The van der Waals surface area contributed by atoms with E-state index in [1.165, 1.54) is 18.7 Å². The predicted octanol–water partition coefficient (Wildman–Crippen LogP) is 2.08. The van der Waals surface area contributed by atoms with Gasteiger partial charge in [0.25, 0.3) is 5.91 Å². The third-order valence-electron chi connectivity index (χ3n) is 5.14. The van der Waals surface area contributed by atoms with E-state index < -0.39 is 0 Å². The highest BCUT2D eigenvalue weighted by Crippen LogP contribution is 2.19. The number of nitrogens with one attached hydrogen (secondary N) is 1. The zero-order valence-electron chi connectivity index (χ0n) is 13.8. The molecule has 1 amide bonds. The first-order chi connectivity index (χ1) is 11.8. The molecule has 3 aliphatic rings. The number of nitrogens with zero attached hydrogens (tertiary/aromatic N) is 2. The molecule has 3 heterocycles. The SMILES string of the molecule is O=C(NCC1CN2CCN1CC2)c1ccc(-c2ccccc2)cc1. The van der Waals surface area contributed by atoms with Crippen LogP contribution < -0.4 is 5.32 Å². The molecule has 24 heavy (non-hydrogen) atoms. The van der Waals surface area contributed by atoms with Crippen molar-refractivity contribution in [1.29, 1.82) is 0 Å². The van der Waals surface area contributed by atoms with Crippen molar-refractivity contribution in [2.24, 2.45) is 0 Å². The summed E-state index contributed by atoms with van der Waals surface area (Å²) in [5, 5.41) is 3.11. The lowest BCUT2D eigenvalue weighted by molar-refractivity contribution is 0.0138. The minimum atomic E-state index is 0.0206. The van der Waals surface area contributed by atoms with Crippen LogP contribution >= 0.6 is 0 Å². The molecule has 4 heteroatoms. The average molecular weight is 321 g/mol. The Morgan fingerprint density at radius 2 is 1.58 bits per heavy atom. The normalized spacial score (nSPS) is 25.4. The highest BCUT2D eigenvalue weighted by atomic mass is 16.1. The van der Waals surface area contributed by atoms with E-state index in [0.29, 0.717) is 6.04 Å². The summed E-state index contributed by atoms with van der Waals surface area (Å²) in [6.45, 7) is 6.42. The third kappa shape index (κ3) is 3.21. The number of hydrogen-bond donors (Lipinski definition) is 1. The van der Waals surface area contributed by atoms with Gasteiger partial charge < -0.3 is 5.32 Å². The first-order valence-electron chi connectivity index (χ1n) is 8.70. The Morgan fingerprint density at radius 1 is 0.917 bits per heavy atom. The maximum Gasteiger partial charge on any atom is 0.251 e. The molecule has 124 valence electrons. The molecule has 2 aromatic carbocycles. The van der Waals surface area contributed by atoms with Crippen LogP contribution in [0.1, 0.15) is 10.4 Å². The Kier molecular flexibility index (Phi) is 4.32. The second kappa shape index (κ2) is 6.75. The summed E-state index contributed by atoms with van der Waals surface area (Å²) < 4.78 is 0. The molecule has 0 aromatic heterocycles. The van der Waals surface area contributed by atoms with Gasteiger partial charge >= 0.3 is 0 Å². The van der Waals surface area contributed by atoms with Crippen LogP contribution in [0, 0.1) is 0 Å². The molecular formula is C20H23N3O. The van der Waals surface area contributed by atoms with Gasteiger partial charge in [-0.3, -0.25) is 14.6 Å². The second-order valence-corrected chi connectivity index (χ2v) is 6.64. The number of amides is 1. The maximum absolute atomic E-state index is 12.4. The van der Waals surface area contributed by atoms with Crippen molar-refractivity contribution in [2.75, 3.05) is 39.3 Å². The van der Waals surface area contributed by atoms with Gasteiger partial charge in [-0.05, 0) is 23.3 Å². The van der Waals surface area contributed by atoms with E-state index in [4.69, 9.17) is 0 Å². The zero-order chi connectivity index (χ0) is 16.4. The zero-order valence-corrected chi connectivity index (χ0v) is 13.8. The number of hydrogen-bond acceptors (Lipinski definition) is 3. The van der Waals surface area contributed by atoms with Crippen LogP contribution in [0.25, 0.3) is 11.1 Å². The van der Waals surface area contributed by atoms with Crippen molar-refractivity contribution < 1.29 is 4.79 Å². The van der Waals surface area contributed by atoms with Gasteiger partial charge in [0.2, 0.25) is 0 Å². The van der Waals surface area contributed by atoms with Crippen LogP contribution in [0.5, 0.6) is 0 Å². The van der Waals surface area contributed by atoms with Crippen molar-refractivity contribution in [3.63, 3.8) is 0 Å². The smallest absolute Gasteiger partial charge is 0.251 e. The summed E-state index contributed by atoms with van der Waals surface area (Å²) in [5.41, 5.74) is 3.03. The highest BCUT2D eigenvalue weighted by Gasteiger charge is 2.31. The minimum absolute atomic E-state index is 0.0206. The number of carbonyl (C=O) groups excluding carboxylic acids is 1. The van der Waals surface area contributed by atoms with Crippen LogP contribution in [-0.2, 0) is 0 Å². The fourth-order valence-electron chi connectivity index (χ4n) is 3.68. The van der Waals surface area contributed by atoms with E-state index >= 15 is 0 Å². The van der Waals surface area contributed by atoms with E-state index in [1.54, 1.807) is 0 Å². The fourth-order valence-corrected chi connectivity index (χ4v) is 3.68. The molecule has 0 aliphatic carbocycles. The van der Waals surface area contributed by atoms with Gasteiger partial charge in [0, 0.05) is 50.9 Å². The highest BCUT2D eigenvalue weighted by molar-refractivity contribution is 5.94. The Hall–Kier alpha value is -2.17. The maximum atomic E-state index is 12.4. The summed E-state index contributed by atoms with van der Waals surface area (Å²) >= 11 is 0. The first-order valence-corrected chi connectivity index (χ1v) is 8.70. The fraction of sp³-hybridized carbons (Fsp3) is 0.350. The molecule has 5 rings (SSSR count). The minimum Gasteiger partial charge on any atom is -0.350 e. The molecule has 0 spiro atoms. The first kappa shape index (κ1) is 15.4. The molecule has 3 fully saturated rings. The molecule has 0 saturated carbocycles. The topological polar surface area (TPSA) is 35.6 Å². The van der Waals surface area contributed by atoms with Gasteiger partial charge in [-0.2, -0.15) is 0 Å². The molecule has 4 nitrogen and oxygen atoms in total. The molecule has 2 bridgehead atoms. The van der Waals surface area contributed by atoms with Gasteiger partial charge in [0.05, 0.1) is 0 Å². The number of fused-ring (bicyclic) bond motifs is 3. The lowest BCUT2D eigenvalue weighted by atomic mass is 10.0. The van der Waals surface area contributed by atoms with Crippen molar-refractivity contribution in [2.45, 2.75) is 6.04 Å². The Morgan fingerprint density at radius 3 is 2.21 bits per heavy atom. The summed E-state index contributed by atoms with van der Waals surface area (Å²) in [5.74, 6) is 0.0206. The average Bonchev–Trinajstić information content (AvgIpc) is 2.68. The van der Waals surface area contributed by atoms with Crippen LogP contribution in [0.15, 0.2) is 54.6 Å². The Labute approximate surface area is 143 Å². The van der Waals surface area contributed by atoms with E-state index in [9.17, 15) is 4.79 Å². The lowest BCUT2D eigenvalue weighted by Crippen LogP contribution is -2.63. The standard InChI is InChI=1S/C20H23N3O/c24-20(21-14-19-15-22-10-12-23(19)13-11-22)18-8-6-17(7-9-18)16-4-2-1-3-5-16/h1-9,19H,10-15H2,(H,21,24). The number of piperazine rings is 3. The Balaban J connectivity index is 1.36. The third-order valence-corrected chi connectivity index (χ3v) is 5.14. The molecule has 1 N–H and O–H groups in total. The predicted molar refractivity (Wildman–Crippen MR) is 96.0 cm³/mol. The van der Waals surface area contributed by atoms with E-state index in [-0.39, 0.29) is 5.91 Å². The van der Waals surface area contributed by atoms with Gasteiger partial charge in [-0.1, -0.05) is 42.5 Å². The van der Waals surface area contributed by atoms with E-state index in [1.807, 2.05) is 42.5 Å². The molecule has 3 saturated heterocycles. The molecule has 1 unspecified atom stereocenters. The number of benzene rings is 2. The van der Waals surface area contributed by atoms with Crippen LogP contribution in [0.2, 0.25) is 0 Å². The van der Waals surface area contributed by atoms with Crippen molar-refractivity contribution >= 4 is 5.91 Å². The summed E-state index contributed by atoms with van der Waals surface area (Å²) in [7, 11) is 0. The summed E-state index contributed by atoms with van der Waals surface area (Å²) in [4.78, 5) is 17.4. The Bertz CT molecular complexity index is 691. The van der Waals surface area contributed by atoms with Gasteiger partial charge in [-0.25, -0.2) is 0 Å². The quantitative estimate of drug-likeness (QED) is 0.936. The summed E-state index contributed by atoms with van der Waals surface area (Å²) in [6, 6.07) is 18.5. The summed E-state index contributed by atoms with van der Waals surface area (Å²) in [6.07, 6.45) is 0. The van der Waals surface area contributed by atoms with Gasteiger partial charge in [0.1, 0.15) is 0 Å².